The molecule has 1 heterocycles. The number of piperazine rings is 1. The van der Waals surface area contributed by atoms with Gasteiger partial charge in [-0.15, -0.1) is 0 Å². The van der Waals surface area contributed by atoms with E-state index in [-0.39, 0.29) is 23.6 Å². The average Bonchev–Trinajstić information content (AvgIpc) is 2.28. The van der Waals surface area contributed by atoms with Gasteiger partial charge in [-0.2, -0.15) is 0 Å². The Bertz CT molecular complexity index is 350. The Morgan fingerprint density at radius 1 is 1.44 bits per heavy atom. The molecule has 1 rings (SSSR count). The van der Waals surface area contributed by atoms with Crippen molar-refractivity contribution < 1.29 is 14.4 Å². The van der Waals surface area contributed by atoms with Crippen molar-refractivity contribution in [2.45, 2.75) is 39.8 Å². The van der Waals surface area contributed by atoms with E-state index >= 15 is 0 Å². The molecule has 1 aliphatic rings. The van der Waals surface area contributed by atoms with Crippen LogP contribution in [0.1, 0.15) is 27.7 Å². The predicted molar refractivity (Wildman–Crippen MR) is 66.6 cm³/mol. The molecular formula is C12H21N3O3. The van der Waals surface area contributed by atoms with Crippen molar-refractivity contribution in [2.24, 2.45) is 5.92 Å². The lowest BCUT2D eigenvalue weighted by molar-refractivity contribution is -0.145. The fourth-order valence-electron chi connectivity index (χ4n) is 1.99. The molecule has 3 amide bonds. The van der Waals surface area contributed by atoms with Crippen molar-refractivity contribution in [1.29, 1.82) is 0 Å². The van der Waals surface area contributed by atoms with Crippen LogP contribution in [0.3, 0.4) is 0 Å². The van der Waals surface area contributed by atoms with Crippen molar-refractivity contribution in [3.63, 3.8) is 0 Å². The summed E-state index contributed by atoms with van der Waals surface area (Å²) in [6.07, 6.45) is 0. The molecule has 1 fully saturated rings. The van der Waals surface area contributed by atoms with E-state index in [1.807, 2.05) is 13.8 Å². The van der Waals surface area contributed by atoms with Gasteiger partial charge in [-0.05, 0) is 12.8 Å². The van der Waals surface area contributed by atoms with Gasteiger partial charge in [-0.25, -0.2) is 0 Å². The van der Waals surface area contributed by atoms with E-state index in [2.05, 4.69) is 10.6 Å². The number of carbonyl (C=O) groups excluding carboxylic acids is 3. The van der Waals surface area contributed by atoms with Crippen LogP contribution in [0.5, 0.6) is 0 Å². The first-order valence-corrected chi connectivity index (χ1v) is 6.20. The molecule has 1 saturated heterocycles. The van der Waals surface area contributed by atoms with Gasteiger partial charge < -0.3 is 15.5 Å². The van der Waals surface area contributed by atoms with E-state index in [1.165, 1.54) is 11.8 Å². The van der Waals surface area contributed by atoms with Crippen molar-refractivity contribution >= 4 is 17.7 Å². The molecule has 2 N–H and O–H groups in total. The van der Waals surface area contributed by atoms with Gasteiger partial charge in [0.1, 0.15) is 12.1 Å². The molecule has 0 bridgehead atoms. The Labute approximate surface area is 107 Å². The molecule has 0 aromatic carbocycles. The zero-order chi connectivity index (χ0) is 13.9. The van der Waals surface area contributed by atoms with Gasteiger partial charge in [-0.3, -0.25) is 14.4 Å². The van der Waals surface area contributed by atoms with E-state index in [1.54, 1.807) is 6.92 Å². The number of hydrogen-bond donors (Lipinski definition) is 2. The number of nitrogens with zero attached hydrogens (tertiary/aromatic N) is 1. The van der Waals surface area contributed by atoms with Crippen LogP contribution < -0.4 is 10.6 Å². The SMILES string of the molecule is CC(=O)NC(C(=O)N1CCNC(=O)C1C)C(C)C. The Morgan fingerprint density at radius 2 is 2.06 bits per heavy atom. The van der Waals surface area contributed by atoms with Gasteiger partial charge >= 0.3 is 0 Å². The summed E-state index contributed by atoms with van der Waals surface area (Å²) < 4.78 is 0. The highest BCUT2D eigenvalue weighted by Crippen LogP contribution is 2.11. The topological polar surface area (TPSA) is 78.5 Å². The second kappa shape index (κ2) is 5.84. The lowest BCUT2D eigenvalue weighted by Gasteiger charge is -2.36. The number of carbonyl (C=O) groups is 3. The second-order valence-corrected chi connectivity index (χ2v) is 4.92. The van der Waals surface area contributed by atoms with E-state index < -0.39 is 12.1 Å². The highest BCUT2D eigenvalue weighted by Gasteiger charge is 2.34. The minimum Gasteiger partial charge on any atom is -0.353 e. The Balaban J connectivity index is 2.81. The molecule has 6 nitrogen and oxygen atoms in total. The summed E-state index contributed by atoms with van der Waals surface area (Å²) in [5.41, 5.74) is 0. The summed E-state index contributed by atoms with van der Waals surface area (Å²) in [7, 11) is 0. The molecule has 0 aliphatic carbocycles. The first-order chi connectivity index (χ1) is 8.34. The molecule has 0 spiro atoms. The Kier molecular flexibility index (Phi) is 4.69. The summed E-state index contributed by atoms with van der Waals surface area (Å²) in [5, 5.41) is 5.36. The quantitative estimate of drug-likeness (QED) is 0.713. The van der Waals surface area contributed by atoms with Gasteiger partial charge in [0.05, 0.1) is 0 Å². The molecule has 2 unspecified atom stereocenters. The van der Waals surface area contributed by atoms with Gasteiger partial charge in [0.2, 0.25) is 17.7 Å². The highest BCUT2D eigenvalue weighted by atomic mass is 16.2. The number of hydrogen-bond acceptors (Lipinski definition) is 3. The van der Waals surface area contributed by atoms with Crippen LogP contribution in [0, 0.1) is 5.92 Å². The van der Waals surface area contributed by atoms with E-state index in [0.717, 1.165) is 0 Å². The van der Waals surface area contributed by atoms with Crippen molar-refractivity contribution in [2.75, 3.05) is 13.1 Å². The summed E-state index contributed by atoms with van der Waals surface area (Å²) in [4.78, 5) is 36.6. The van der Waals surface area contributed by atoms with Gasteiger partial charge in [0.15, 0.2) is 0 Å². The maximum atomic E-state index is 12.4. The van der Waals surface area contributed by atoms with Crippen molar-refractivity contribution in [1.82, 2.24) is 15.5 Å². The molecule has 102 valence electrons. The number of amides is 3. The molecule has 2 atom stereocenters. The average molecular weight is 255 g/mol. The van der Waals surface area contributed by atoms with Crippen LogP contribution in [-0.4, -0.2) is 47.8 Å². The molecule has 0 radical (unpaired) electrons. The smallest absolute Gasteiger partial charge is 0.246 e. The van der Waals surface area contributed by atoms with Gasteiger partial charge in [0, 0.05) is 20.0 Å². The van der Waals surface area contributed by atoms with Crippen LogP contribution in [0.4, 0.5) is 0 Å². The van der Waals surface area contributed by atoms with E-state index in [0.29, 0.717) is 13.1 Å². The highest BCUT2D eigenvalue weighted by molar-refractivity contribution is 5.92. The Morgan fingerprint density at radius 3 is 2.56 bits per heavy atom. The third-order valence-electron chi connectivity index (χ3n) is 3.07. The normalized spacial score (nSPS) is 21.5. The lowest BCUT2D eigenvalue weighted by Crippen LogP contribution is -2.61. The molecule has 0 aromatic heterocycles. The second-order valence-electron chi connectivity index (χ2n) is 4.92. The van der Waals surface area contributed by atoms with Crippen LogP contribution in [-0.2, 0) is 14.4 Å². The number of rotatable bonds is 3. The fraction of sp³-hybridized carbons (Fsp3) is 0.750. The van der Waals surface area contributed by atoms with E-state index in [9.17, 15) is 14.4 Å². The van der Waals surface area contributed by atoms with Crippen LogP contribution in [0.15, 0.2) is 0 Å². The monoisotopic (exact) mass is 255 g/mol. The largest absolute Gasteiger partial charge is 0.353 e. The summed E-state index contributed by atoms with van der Waals surface area (Å²) in [5.74, 6) is -0.600. The molecule has 0 aromatic rings. The zero-order valence-corrected chi connectivity index (χ0v) is 11.3. The lowest BCUT2D eigenvalue weighted by atomic mass is 10.0. The van der Waals surface area contributed by atoms with Crippen LogP contribution in [0.2, 0.25) is 0 Å². The summed E-state index contributed by atoms with van der Waals surface area (Å²) >= 11 is 0. The standard InChI is InChI=1S/C12H21N3O3/c1-7(2)10(14-9(4)16)12(18)15-6-5-13-11(17)8(15)3/h7-8,10H,5-6H2,1-4H3,(H,13,17)(H,14,16). The maximum Gasteiger partial charge on any atom is 0.246 e. The third-order valence-corrected chi connectivity index (χ3v) is 3.07. The predicted octanol–water partition coefficient (Wildman–Crippen LogP) is -0.506. The fourth-order valence-corrected chi connectivity index (χ4v) is 1.99. The summed E-state index contributed by atoms with van der Waals surface area (Å²) in [6, 6.07) is -1.06. The maximum absolute atomic E-state index is 12.4. The van der Waals surface area contributed by atoms with E-state index in [4.69, 9.17) is 0 Å². The van der Waals surface area contributed by atoms with Crippen LogP contribution in [0.25, 0.3) is 0 Å². The molecule has 6 heteroatoms. The zero-order valence-electron chi connectivity index (χ0n) is 11.3. The van der Waals surface area contributed by atoms with Gasteiger partial charge in [0.25, 0.3) is 0 Å². The minimum absolute atomic E-state index is 0.0152. The number of nitrogens with one attached hydrogen (secondary N) is 2. The first kappa shape index (κ1) is 14.5. The molecule has 0 saturated carbocycles. The van der Waals surface area contributed by atoms with Crippen LogP contribution >= 0.6 is 0 Å². The minimum atomic E-state index is -0.573. The third kappa shape index (κ3) is 3.21. The van der Waals surface area contributed by atoms with Crippen molar-refractivity contribution in [3.05, 3.63) is 0 Å². The molecule has 18 heavy (non-hydrogen) atoms. The van der Waals surface area contributed by atoms with Crippen molar-refractivity contribution in [3.8, 4) is 0 Å². The molecule has 1 aliphatic heterocycles. The summed E-state index contributed by atoms with van der Waals surface area (Å²) in [6.45, 7) is 7.75. The Hall–Kier alpha value is -1.59. The first-order valence-electron chi connectivity index (χ1n) is 6.20. The molecular weight excluding hydrogens is 234 g/mol. The van der Waals surface area contributed by atoms with Gasteiger partial charge in [-0.1, -0.05) is 13.8 Å².